The molecule has 0 spiro atoms. The number of fused-ring (bicyclic) bond motifs is 1. The molecule has 104 valence electrons. The maximum absolute atomic E-state index is 5.58. The number of aromatic nitrogens is 2. The van der Waals surface area contributed by atoms with Crippen molar-refractivity contribution in [3.8, 4) is 5.88 Å². The number of rotatable bonds is 5. The first-order chi connectivity index (χ1) is 9.29. The summed E-state index contributed by atoms with van der Waals surface area (Å²) in [5.74, 6) is 1.33. The second-order valence-corrected chi connectivity index (χ2v) is 5.75. The van der Waals surface area contributed by atoms with Crippen LogP contribution >= 0.6 is 11.3 Å². The topological polar surface area (TPSA) is 47.8 Å². The van der Waals surface area contributed by atoms with Gasteiger partial charge in [-0.2, -0.15) is 4.98 Å². The summed E-state index contributed by atoms with van der Waals surface area (Å²) < 4.78 is 13.0. The highest BCUT2D eigenvalue weighted by Crippen LogP contribution is 2.23. The van der Waals surface area contributed by atoms with Crippen LogP contribution in [-0.4, -0.2) is 35.8 Å². The second kappa shape index (κ2) is 5.48. The van der Waals surface area contributed by atoms with Gasteiger partial charge < -0.3 is 14.8 Å². The molecule has 0 bridgehead atoms. The van der Waals surface area contributed by atoms with Crippen LogP contribution < -0.4 is 10.1 Å². The van der Waals surface area contributed by atoms with E-state index in [1.807, 2.05) is 11.6 Å². The van der Waals surface area contributed by atoms with Crippen molar-refractivity contribution in [2.75, 3.05) is 20.3 Å². The number of methoxy groups -OCH3 is 1. The summed E-state index contributed by atoms with van der Waals surface area (Å²) in [5, 5.41) is 5.54. The fourth-order valence-electron chi connectivity index (χ4n) is 2.56. The molecule has 2 atom stereocenters. The van der Waals surface area contributed by atoms with Crippen LogP contribution in [0.1, 0.15) is 19.0 Å². The Morgan fingerprint density at radius 1 is 1.63 bits per heavy atom. The van der Waals surface area contributed by atoms with E-state index in [0.29, 0.717) is 12.0 Å². The van der Waals surface area contributed by atoms with Gasteiger partial charge in [-0.15, -0.1) is 11.3 Å². The molecule has 1 N–H and O–H groups in total. The molecule has 0 aliphatic carbocycles. The van der Waals surface area contributed by atoms with E-state index in [1.54, 1.807) is 18.4 Å². The van der Waals surface area contributed by atoms with Crippen molar-refractivity contribution in [2.45, 2.75) is 26.0 Å². The molecule has 0 amide bonds. The van der Waals surface area contributed by atoms with Gasteiger partial charge in [-0.25, -0.2) is 0 Å². The Labute approximate surface area is 116 Å². The molecule has 0 radical (unpaired) electrons. The zero-order valence-corrected chi connectivity index (χ0v) is 12.1. The molecule has 2 aromatic heterocycles. The average Bonchev–Trinajstić information content (AvgIpc) is 3.07. The first-order valence-electron chi connectivity index (χ1n) is 6.60. The largest absolute Gasteiger partial charge is 0.480 e. The SMILES string of the molecule is COc1nc2sccn2c1CNCC1CCOC1C. The zero-order valence-electron chi connectivity index (χ0n) is 11.3. The van der Waals surface area contributed by atoms with Gasteiger partial charge in [0, 0.05) is 31.3 Å². The lowest BCUT2D eigenvalue weighted by Crippen LogP contribution is -2.27. The molecule has 6 heteroatoms. The number of nitrogens with one attached hydrogen (secondary N) is 1. The van der Waals surface area contributed by atoms with Crippen molar-refractivity contribution in [1.82, 2.24) is 14.7 Å². The predicted molar refractivity (Wildman–Crippen MR) is 74.8 cm³/mol. The Morgan fingerprint density at radius 2 is 2.53 bits per heavy atom. The van der Waals surface area contributed by atoms with E-state index in [4.69, 9.17) is 9.47 Å². The highest BCUT2D eigenvalue weighted by atomic mass is 32.1. The molecular formula is C13H19N3O2S. The highest BCUT2D eigenvalue weighted by molar-refractivity contribution is 7.15. The van der Waals surface area contributed by atoms with E-state index in [9.17, 15) is 0 Å². The summed E-state index contributed by atoms with van der Waals surface area (Å²) in [5.41, 5.74) is 1.09. The third-order valence-electron chi connectivity index (χ3n) is 3.75. The van der Waals surface area contributed by atoms with Gasteiger partial charge in [-0.3, -0.25) is 4.40 Å². The lowest BCUT2D eigenvalue weighted by molar-refractivity contribution is 0.105. The molecule has 1 aliphatic rings. The molecule has 3 heterocycles. The molecule has 2 unspecified atom stereocenters. The van der Waals surface area contributed by atoms with Crippen molar-refractivity contribution in [2.24, 2.45) is 5.92 Å². The minimum Gasteiger partial charge on any atom is -0.480 e. The van der Waals surface area contributed by atoms with Crippen LogP contribution in [0.15, 0.2) is 11.6 Å². The maximum atomic E-state index is 5.58. The molecule has 3 rings (SSSR count). The minimum absolute atomic E-state index is 0.362. The number of hydrogen-bond acceptors (Lipinski definition) is 5. The Hall–Kier alpha value is -1.11. The van der Waals surface area contributed by atoms with E-state index in [2.05, 4.69) is 21.6 Å². The van der Waals surface area contributed by atoms with Crippen LogP contribution in [0.25, 0.3) is 4.96 Å². The number of thiazole rings is 1. The fraction of sp³-hybridized carbons (Fsp3) is 0.615. The number of hydrogen-bond donors (Lipinski definition) is 1. The minimum atomic E-state index is 0.362. The summed E-state index contributed by atoms with van der Waals surface area (Å²) in [6.45, 7) is 4.78. The molecular weight excluding hydrogens is 262 g/mol. The first kappa shape index (κ1) is 12.9. The molecule has 1 saturated heterocycles. The van der Waals surface area contributed by atoms with Crippen LogP contribution in [0.3, 0.4) is 0 Å². The predicted octanol–water partition coefficient (Wildman–Crippen LogP) is 1.92. The van der Waals surface area contributed by atoms with Crippen molar-refractivity contribution < 1.29 is 9.47 Å². The fourth-order valence-corrected chi connectivity index (χ4v) is 3.28. The van der Waals surface area contributed by atoms with Crippen molar-refractivity contribution in [1.29, 1.82) is 0 Å². The molecule has 5 nitrogen and oxygen atoms in total. The van der Waals surface area contributed by atoms with Crippen LogP contribution in [-0.2, 0) is 11.3 Å². The van der Waals surface area contributed by atoms with Crippen molar-refractivity contribution >= 4 is 16.3 Å². The van der Waals surface area contributed by atoms with Crippen molar-refractivity contribution in [3.63, 3.8) is 0 Å². The van der Waals surface area contributed by atoms with Gasteiger partial charge in [0.2, 0.25) is 5.88 Å². The Bertz CT molecular complexity index is 551. The molecule has 2 aromatic rings. The first-order valence-corrected chi connectivity index (χ1v) is 7.48. The van der Waals surface area contributed by atoms with E-state index >= 15 is 0 Å². The van der Waals surface area contributed by atoms with Gasteiger partial charge in [-0.05, 0) is 19.3 Å². The lowest BCUT2D eigenvalue weighted by Gasteiger charge is -2.14. The van der Waals surface area contributed by atoms with E-state index in [-0.39, 0.29) is 0 Å². The number of imidazole rings is 1. The third-order valence-corrected chi connectivity index (χ3v) is 4.51. The summed E-state index contributed by atoms with van der Waals surface area (Å²) in [7, 11) is 1.67. The third kappa shape index (κ3) is 2.48. The maximum Gasteiger partial charge on any atom is 0.237 e. The highest BCUT2D eigenvalue weighted by Gasteiger charge is 2.24. The zero-order chi connectivity index (χ0) is 13.2. The average molecular weight is 281 g/mol. The van der Waals surface area contributed by atoms with Crippen LogP contribution in [0.2, 0.25) is 0 Å². The number of nitrogens with zero attached hydrogens (tertiary/aromatic N) is 2. The molecule has 19 heavy (non-hydrogen) atoms. The van der Waals surface area contributed by atoms with Gasteiger partial charge in [0.05, 0.1) is 13.2 Å². The lowest BCUT2D eigenvalue weighted by atomic mass is 10.0. The molecule has 1 aliphatic heterocycles. The summed E-state index contributed by atoms with van der Waals surface area (Å²) >= 11 is 1.62. The standard InChI is InChI=1S/C13H19N3O2S/c1-9-10(3-5-18-9)7-14-8-11-12(17-2)15-13-16(11)4-6-19-13/h4,6,9-10,14H,3,5,7-8H2,1-2H3. The van der Waals surface area contributed by atoms with Crippen LogP contribution in [0.4, 0.5) is 0 Å². The quantitative estimate of drug-likeness (QED) is 0.909. The normalized spacial score (nSPS) is 23.3. The Balaban J connectivity index is 1.65. The van der Waals surface area contributed by atoms with Gasteiger partial charge in [-0.1, -0.05) is 0 Å². The molecule has 0 saturated carbocycles. The second-order valence-electron chi connectivity index (χ2n) is 4.88. The summed E-state index contributed by atoms with van der Waals surface area (Å²) in [6, 6.07) is 0. The Kier molecular flexibility index (Phi) is 3.72. The van der Waals surface area contributed by atoms with Gasteiger partial charge in [0.1, 0.15) is 5.69 Å². The van der Waals surface area contributed by atoms with E-state index in [0.717, 1.165) is 42.7 Å². The van der Waals surface area contributed by atoms with Crippen molar-refractivity contribution in [3.05, 3.63) is 17.3 Å². The molecule has 1 fully saturated rings. The molecule has 0 aromatic carbocycles. The smallest absolute Gasteiger partial charge is 0.237 e. The summed E-state index contributed by atoms with van der Waals surface area (Å²) in [4.78, 5) is 5.43. The monoisotopic (exact) mass is 281 g/mol. The van der Waals surface area contributed by atoms with Gasteiger partial charge in [0.25, 0.3) is 0 Å². The van der Waals surface area contributed by atoms with E-state index in [1.165, 1.54) is 0 Å². The van der Waals surface area contributed by atoms with Gasteiger partial charge >= 0.3 is 0 Å². The Morgan fingerprint density at radius 3 is 3.26 bits per heavy atom. The summed E-state index contributed by atoms with van der Waals surface area (Å²) in [6.07, 6.45) is 3.54. The van der Waals surface area contributed by atoms with Gasteiger partial charge in [0.15, 0.2) is 4.96 Å². The number of ether oxygens (including phenoxy) is 2. The van der Waals surface area contributed by atoms with E-state index < -0.39 is 0 Å². The van der Waals surface area contributed by atoms with Crippen LogP contribution in [0, 0.1) is 5.92 Å². The van der Waals surface area contributed by atoms with Crippen LogP contribution in [0.5, 0.6) is 5.88 Å².